The number of aromatic nitrogens is 8. The molecule has 0 spiro atoms. The maximum absolute atomic E-state index is 6.48. The van der Waals surface area contributed by atoms with Gasteiger partial charge in [0.05, 0.1) is 23.3 Å². The summed E-state index contributed by atoms with van der Waals surface area (Å²) >= 11 is 0. The minimum atomic E-state index is -0.0606. The quantitative estimate of drug-likeness (QED) is 0.103. The summed E-state index contributed by atoms with van der Waals surface area (Å²) in [7, 11) is 0. The van der Waals surface area contributed by atoms with E-state index in [2.05, 4.69) is 51.5 Å². The highest BCUT2D eigenvalue weighted by atomic mass is 16.5. The first-order valence-corrected chi connectivity index (χ1v) is 20.6. The van der Waals surface area contributed by atoms with E-state index in [1.807, 2.05) is 39.8 Å². The van der Waals surface area contributed by atoms with Crippen LogP contribution in [-0.2, 0) is 25.7 Å². The fourth-order valence-electron chi connectivity index (χ4n) is 7.78. The standard InChI is InChI=1S/C44H60N8O2/c1-11-17-27-28(18-12-2)38-45-37(27)46-39-29(19-13-3)31(21-15-5)41(48-39)50-43-35-33(53-25(7)8)23-24-34(54-26(9)10)36(35)44(52-43)51-42-32(22-16-6)30(20-14-4)40(47-38)49-42/h23-26H,11-22H2,1-10H3,(H2,45,46,47,48,49,50,51,52). The predicted octanol–water partition coefficient (Wildman–Crippen LogP) is 11.1. The number of benzene rings is 1. The highest BCUT2D eigenvalue weighted by molar-refractivity contribution is 5.92. The Labute approximate surface area is 321 Å². The molecule has 2 aliphatic heterocycles. The molecular formula is C44H60N8O2. The normalized spacial score (nSPS) is 12.7. The van der Waals surface area contributed by atoms with Gasteiger partial charge in [-0.15, -0.1) is 0 Å². The molecule has 0 radical (unpaired) electrons. The average Bonchev–Trinajstić information content (AvgIpc) is 3.83. The Morgan fingerprint density at radius 1 is 0.426 bits per heavy atom. The van der Waals surface area contributed by atoms with Crippen molar-refractivity contribution in [2.24, 2.45) is 0 Å². The van der Waals surface area contributed by atoms with E-state index < -0.39 is 0 Å². The largest absolute Gasteiger partial charge is 0.490 e. The number of H-pyrrole nitrogens is 2. The van der Waals surface area contributed by atoms with Crippen molar-refractivity contribution in [3.63, 3.8) is 0 Å². The summed E-state index contributed by atoms with van der Waals surface area (Å²) in [5, 5.41) is 0. The lowest BCUT2D eigenvalue weighted by atomic mass is 10.0. The Morgan fingerprint density at radius 3 is 1.02 bits per heavy atom. The summed E-state index contributed by atoms with van der Waals surface area (Å²) in [6, 6.07) is 3.96. The van der Waals surface area contributed by atoms with E-state index in [0.717, 1.165) is 122 Å². The van der Waals surface area contributed by atoms with Crippen LogP contribution < -0.4 is 9.47 Å². The maximum atomic E-state index is 6.48. The molecule has 0 atom stereocenters. The summed E-state index contributed by atoms with van der Waals surface area (Å²) in [4.78, 5) is 39.4. The lowest BCUT2D eigenvalue weighted by Gasteiger charge is -2.17. The summed E-state index contributed by atoms with van der Waals surface area (Å²) in [5.41, 5.74) is 11.9. The molecule has 0 saturated carbocycles. The van der Waals surface area contributed by atoms with Crippen molar-refractivity contribution >= 4 is 33.7 Å². The van der Waals surface area contributed by atoms with Gasteiger partial charge in [-0.2, -0.15) is 0 Å². The molecular weight excluding hydrogens is 673 g/mol. The number of aromatic amines is 2. The molecule has 2 N–H and O–H groups in total. The summed E-state index contributed by atoms with van der Waals surface area (Å²) < 4.78 is 13.0. The molecule has 0 unspecified atom stereocenters. The van der Waals surface area contributed by atoms with E-state index in [0.29, 0.717) is 23.1 Å². The van der Waals surface area contributed by atoms with Crippen LogP contribution in [0.2, 0.25) is 0 Å². The topological polar surface area (TPSA) is 127 Å². The lowest BCUT2D eigenvalue weighted by molar-refractivity contribution is 0.236. The molecule has 0 fully saturated rings. The van der Waals surface area contributed by atoms with Crippen LogP contribution in [0.4, 0.5) is 0 Å². The number of ether oxygens (including phenoxy) is 2. The molecule has 288 valence electrons. The van der Waals surface area contributed by atoms with Crippen LogP contribution in [0.25, 0.3) is 56.5 Å². The molecule has 10 nitrogen and oxygen atoms in total. The van der Waals surface area contributed by atoms with Gasteiger partial charge < -0.3 is 19.4 Å². The van der Waals surface area contributed by atoms with Crippen molar-refractivity contribution in [1.29, 1.82) is 0 Å². The first-order valence-electron chi connectivity index (χ1n) is 20.6. The summed E-state index contributed by atoms with van der Waals surface area (Å²) in [6.45, 7) is 21.5. The van der Waals surface area contributed by atoms with Gasteiger partial charge in [0, 0.05) is 33.4 Å². The van der Waals surface area contributed by atoms with Crippen molar-refractivity contribution < 1.29 is 9.47 Å². The van der Waals surface area contributed by atoms with Crippen LogP contribution in [0.5, 0.6) is 11.5 Å². The Hall–Kier alpha value is -4.60. The van der Waals surface area contributed by atoms with Gasteiger partial charge in [-0.3, -0.25) is 0 Å². The highest BCUT2D eigenvalue weighted by Crippen LogP contribution is 2.47. The van der Waals surface area contributed by atoms with Gasteiger partial charge in [0.25, 0.3) is 0 Å². The Morgan fingerprint density at radius 2 is 0.722 bits per heavy atom. The first kappa shape index (κ1) is 39.1. The van der Waals surface area contributed by atoms with Gasteiger partial charge in [-0.1, -0.05) is 80.1 Å². The van der Waals surface area contributed by atoms with Gasteiger partial charge in [-0.05, 0) is 78.4 Å². The third-order valence-electron chi connectivity index (χ3n) is 9.85. The molecule has 5 heterocycles. The molecule has 2 aliphatic rings. The number of fused-ring (bicyclic) bond motifs is 11. The van der Waals surface area contributed by atoms with Gasteiger partial charge in [0.1, 0.15) is 34.1 Å². The minimum Gasteiger partial charge on any atom is -0.490 e. The van der Waals surface area contributed by atoms with Crippen LogP contribution in [-0.4, -0.2) is 52.1 Å². The number of rotatable bonds is 16. The highest BCUT2D eigenvalue weighted by Gasteiger charge is 2.30. The molecule has 1 aromatic carbocycles. The number of aryl methyl sites for hydroxylation is 4. The zero-order valence-electron chi connectivity index (χ0n) is 34.3. The van der Waals surface area contributed by atoms with Crippen molar-refractivity contribution in [3.05, 3.63) is 46.0 Å². The van der Waals surface area contributed by atoms with Crippen molar-refractivity contribution in [2.45, 2.75) is 158 Å². The fourth-order valence-corrected chi connectivity index (χ4v) is 7.78. The first-order chi connectivity index (χ1) is 26.1. The Bertz CT molecular complexity index is 2030. The Kier molecular flexibility index (Phi) is 12.5. The van der Waals surface area contributed by atoms with Crippen LogP contribution in [0.3, 0.4) is 0 Å². The van der Waals surface area contributed by atoms with Crippen LogP contribution >= 0.6 is 0 Å². The third kappa shape index (κ3) is 7.80. The molecule has 6 rings (SSSR count). The van der Waals surface area contributed by atoms with Crippen molar-refractivity contribution in [3.8, 4) is 34.3 Å². The molecule has 0 amide bonds. The second-order valence-electron chi connectivity index (χ2n) is 15.1. The molecule has 4 aromatic rings. The van der Waals surface area contributed by atoms with E-state index in [9.17, 15) is 0 Å². The van der Waals surface area contributed by atoms with Gasteiger partial charge in [-0.25, -0.2) is 29.9 Å². The van der Waals surface area contributed by atoms with Gasteiger partial charge in [0.2, 0.25) is 0 Å². The number of nitrogens with zero attached hydrogens (tertiary/aromatic N) is 6. The third-order valence-corrected chi connectivity index (χ3v) is 9.85. The molecule has 0 aliphatic carbocycles. The van der Waals surface area contributed by atoms with Crippen molar-refractivity contribution in [1.82, 2.24) is 39.9 Å². The Balaban J connectivity index is 1.86. The zero-order chi connectivity index (χ0) is 38.5. The SMILES string of the molecule is CCCC1=C(CCC)c2nc1nc1[nH]c(nc3nc(nc4[nH]c(n2)c(CCC)c4CCC)-c2c(OC(C)C)ccc(OC(C)C)c2-3)c(CCC)c1CCC. The molecule has 0 saturated heterocycles. The van der Waals surface area contributed by atoms with E-state index in [1.54, 1.807) is 0 Å². The van der Waals surface area contributed by atoms with E-state index in [4.69, 9.17) is 39.4 Å². The molecule has 8 bridgehead atoms. The predicted molar refractivity (Wildman–Crippen MR) is 221 cm³/mol. The summed E-state index contributed by atoms with van der Waals surface area (Å²) in [6.07, 6.45) is 11.0. The summed E-state index contributed by atoms with van der Waals surface area (Å²) in [5.74, 6) is 4.00. The smallest absolute Gasteiger partial charge is 0.168 e. The van der Waals surface area contributed by atoms with Gasteiger partial charge >= 0.3 is 0 Å². The van der Waals surface area contributed by atoms with Crippen molar-refractivity contribution in [2.75, 3.05) is 0 Å². The second-order valence-corrected chi connectivity index (χ2v) is 15.1. The van der Waals surface area contributed by atoms with E-state index in [1.165, 1.54) is 33.4 Å². The lowest BCUT2D eigenvalue weighted by Crippen LogP contribution is -2.09. The maximum Gasteiger partial charge on any atom is 0.168 e. The molecule has 3 aromatic heterocycles. The zero-order valence-corrected chi connectivity index (χ0v) is 34.3. The number of nitrogens with one attached hydrogen (secondary N) is 2. The van der Waals surface area contributed by atoms with E-state index in [-0.39, 0.29) is 12.2 Å². The van der Waals surface area contributed by atoms with Crippen LogP contribution in [0.1, 0.15) is 155 Å². The van der Waals surface area contributed by atoms with Gasteiger partial charge in [0.15, 0.2) is 23.3 Å². The number of hydrogen-bond donors (Lipinski definition) is 2. The number of allylic oxidation sites excluding steroid dienone is 2. The average molecular weight is 733 g/mol. The second kappa shape index (κ2) is 17.2. The minimum absolute atomic E-state index is 0.0606. The number of hydrogen-bond acceptors (Lipinski definition) is 8. The fraction of sp³-hybridized carbons (Fsp3) is 0.545. The molecule has 54 heavy (non-hydrogen) atoms. The molecule has 10 heteroatoms. The van der Waals surface area contributed by atoms with Crippen LogP contribution in [0, 0.1) is 0 Å². The monoisotopic (exact) mass is 732 g/mol. The van der Waals surface area contributed by atoms with E-state index >= 15 is 0 Å². The van der Waals surface area contributed by atoms with Crippen LogP contribution in [0.15, 0.2) is 12.1 Å².